The van der Waals surface area contributed by atoms with Crippen LogP contribution in [-0.4, -0.2) is 24.9 Å². The Kier molecular flexibility index (Phi) is 6.32. The molecule has 0 radical (unpaired) electrons. The van der Waals surface area contributed by atoms with E-state index in [1.807, 2.05) is 6.92 Å². The Hall–Kier alpha value is -2.90. The second-order valence-electron chi connectivity index (χ2n) is 5.36. The molecule has 0 spiro atoms. The predicted octanol–water partition coefficient (Wildman–Crippen LogP) is 4.42. The van der Waals surface area contributed by atoms with E-state index in [1.165, 1.54) is 24.3 Å². The lowest BCUT2D eigenvalue weighted by molar-refractivity contribution is -0.274. The summed E-state index contributed by atoms with van der Waals surface area (Å²) in [5, 5.41) is 5.67. The Balaban J connectivity index is 1.97. The van der Waals surface area contributed by atoms with Gasteiger partial charge >= 0.3 is 6.36 Å². The Morgan fingerprint density at radius 1 is 1.12 bits per heavy atom. The van der Waals surface area contributed by atoms with Crippen molar-refractivity contribution in [2.24, 2.45) is 0 Å². The van der Waals surface area contributed by atoms with Crippen LogP contribution in [0.1, 0.15) is 13.8 Å². The van der Waals surface area contributed by atoms with Crippen LogP contribution in [0.3, 0.4) is 0 Å². The fraction of sp³-hybridized carbons (Fsp3) is 0.278. The first-order valence-corrected chi connectivity index (χ1v) is 7.93. The Labute approximate surface area is 149 Å². The highest BCUT2D eigenvalue weighted by Gasteiger charge is 2.31. The van der Waals surface area contributed by atoms with Crippen molar-refractivity contribution in [1.29, 1.82) is 0 Å². The minimum atomic E-state index is -4.74. The van der Waals surface area contributed by atoms with Crippen LogP contribution in [0.5, 0.6) is 11.5 Å². The average Bonchev–Trinajstić information content (AvgIpc) is 2.57. The van der Waals surface area contributed by atoms with Crippen molar-refractivity contribution in [3.63, 3.8) is 0 Å². The number of alkyl halides is 3. The second kappa shape index (κ2) is 8.46. The molecular formula is C18H19F3N2O3. The van der Waals surface area contributed by atoms with Crippen molar-refractivity contribution in [2.45, 2.75) is 26.3 Å². The van der Waals surface area contributed by atoms with Gasteiger partial charge in [0.1, 0.15) is 17.5 Å². The number of ether oxygens (including phenoxy) is 2. The van der Waals surface area contributed by atoms with E-state index in [0.29, 0.717) is 23.7 Å². The molecule has 0 aliphatic heterocycles. The van der Waals surface area contributed by atoms with Crippen molar-refractivity contribution >= 4 is 17.3 Å². The monoisotopic (exact) mass is 368 g/mol. The minimum absolute atomic E-state index is 0.312. The molecular weight excluding hydrogens is 349 g/mol. The fourth-order valence-corrected chi connectivity index (χ4v) is 2.16. The van der Waals surface area contributed by atoms with Gasteiger partial charge in [0, 0.05) is 5.69 Å². The van der Waals surface area contributed by atoms with Gasteiger partial charge in [0.2, 0.25) is 5.91 Å². The number of anilines is 2. The average molecular weight is 368 g/mol. The van der Waals surface area contributed by atoms with Crippen LogP contribution >= 0.6 is 0 Å². The summed E-state index contributed by atoms with van der Waals surface area (Å²) in [6.07, 6.45) is -4.74. The molecule has 1 atom stereocenters. The van der Waals surface area contributed by atoms with Gasteiger partial charge in [0.15, 0.2) is 0 Å². The summed E-state index contributed by atoms with van der Waals surface area (Å²) < 4.78 is 45.7. The van der Waals surface area contributed by atoms with Gasteiger partial charge in [-0.3, -0.25) is 4.79 Å². The molecule has 0 fully saturated rings. The molecule has 2 rings (SSSR count). The molecule has 2 N–H and O–H groups in total. The molecule has 2 aromatic rings. The first-order valence-electron chi connectivity index (χ1n) is 7.93. The van der Waals surface area contributed by atoms with Crippen molar-refractivity contribution in [3.8, 4) is 11.5 Å². The van der Waals surface area contributed by atoms with Gasteiger partial charge in [-0.1, -0.05) is 12.1 Å². The van der Waals surface area contributed by atoms with Crippen LogP contribution < -0.4 is 20.1 Å². The molecule has 1 amide bonds. The van der Waals surface area contributed by atoms with E-state index in [1.54, 1.807) is 31.2 Å². The summed E-state index contributed by atoms with van der Waals surface area (Å²) in [6.45, 7) is 3.95. The lowest BCUT2D eigenvalue weighted by Gasteiger charge is -2.17. The quantitative estimate of drug-likeness (QED) is 0.759. The molecule has 0 saturated heterocycles. The van der Waals surface area contributed by atoms with Gasteiger partial charge in [-0.25, -0.2) is 0 Å². The topological polar surface area (TPSA) is 59.6 Å². The molecule has 0 aliphatic rings. The number of carbonyl (C=O) groups excluding carboxylic acids is 1. The standard InChI is InChI=1S/C18H19F3N2O3/c1-3-25-16-7-5-4-6-15(16)23-17(24)12(2)22-13-8-10-14(11-9-13)26-18(19,20)21/h4-12,22H,3H2,1-2H3,(H,23,24)/t12-/m0/s1. The zero-order valence-corrected chi connectivity index (χ0v) is 14.3. The number of para-hydroxylation sites is 2. The van der Waals surface area contributed by atoms with Crippen molar-refractivity contribution in [3.05, 3.63) is 48.5 Å². The SMILES string of the molecule is CCOc1ccccc1NC(=O)[C@H](C)Nc1ccc(OC(F)(F)F)cc1. The third kappa shape index (κ3) is 5.87. The van der Waals surface area contributed by atoms with Crippen LogP contribution in [0, 0.1) is 0 Å². The van der Waals surface area contributed by atoms with E-state index >= 15 is 0 Å². The number of rotatable bonds is 7. The molecule has 0 aromatic heterocycles. The molecule has 2 aromatic carbocycles. The Morgan fingerprint density at radius 2 is 1.77 bits per heavy atom. The fourth-order valence-electron chi connectivity index (χ4n) is 2.16. The first kappa shape index (κ1) is 19.4. The van der Waals surface area contributed by atoms with E-state index in [4.69, 9.17) is 4.74 Å². The van der Waals surface area contributed by atoms with Crippen molar-refractivity contribution in [2.75, 3.05) is 17.2 Å². The summed E-state index contributed by atoms with van der Waals surface area (Å²) in [5.41, 5.74) is 1.03. The number of hydrogen-bond donors (Lipinski definition) is 2. The van der Waals surface area contributed by atoms with Gasteiger partial charge in [0.25, 0.3) is 0 Å². The van der Waals surface area contributed by atoms with Crippen molar-refractivity contribution in [1.82, 2.24) is 0 Å². The van der Waals surface area contributed by atoms with E-state index < -0.39 is 12.4 Å². The van der Waals surface area contributed by atoms with Crippen LogP contribution in [0.4, 0.5) is 24.5 Å². The highest BCUT2D eigenvalue weighted by molar-refractivity contribution is 5.97. The summed E-state index contributed by atoms with van der Waals surface area (Å²) >= 11 is 0. The second-order valence-corrected chi connectivity index (χ2v) is 5.36. The van der Waals surface area contributed by atoms with Gasteiger partial charge < -0.3 is 20.1 Å². The van der Waals surface area contributed by atoms with Crippen LogP contribution in [0.2, 0.25) is 0 Å². The number of benzene rings is 2. The highest BCUT2D eigenvalue weighted by atomic mass is 19.4. The molecule has 26 heavy (non-hydrogen) atoms. The van der Waals surface area contributed by atoms with Crippen LogP contribution in [0.25, 0.3) is 0 Å². The summed E-state index contributed by atoms with van der Waals surface area (Å²) in [5.74, 6) is -0.0808. The van der Waals surface area contributed by atoms with Gasteiger partial charge in [0.05, 0.1) is 12.3 Å². The Morgan fingerprint density at radius 3 is 2.38 bits per heavy atom. The lowest BCUT2D eigenvalue weighted by Crippen LogP contribution is -2.32. The maximum atomic E-state index is 12.3. The number of hydrogen-bond acceptors (Lipinski definition) is 4. The molecule has 8 heteroatoms. The van der Waals surface area contributed by atoms with Gasteiger partial charge in [-0.05, 0) is 50.2 Å². The maximum Gasteiger partial charge on any atom is 0.573 e. The third-order valence-electron chi connectivity index (χ3n) is 3.31. The normalized spacial score (nSPS) is 12.2. The van der Waals surface area contributed by atoms with Crippen molar-refractivity contribution < 1.29 is 27.4 Å². The van der Waals surface area contributed by atoms with Crippen LogP contribution in [0.15, 0.2) is 48.5 Å². The smallest absolute Gasteiger partial charge is 0.492 e. The molecule has 0 saturated carbocycles. The molecule has 140 valence electrons. The highest BCUT2D eigenvalue weighted by Crippen LogP contribution is 2.25. The number of nitrogens with one attached hydrogen (secondary N) is 2. The number of halogens is 3. The van der Waals surface area contributed by atoms with E-state index in [9.17, 15) is 18.0 Å². The maximum absolute atomic E-state index is 12.3. The summed E-state index contributed by atoms with van der Waals surface area (Å²) in [4.78, 5) is 12.3. The molecule has 0 unspecified atom stereocenters. The molecule has 0 aliphatic carbocycles. The van der Waals surface area contributed by atoms with Gasteiger partial charge in [-0.2, -0.15) is 0 Å². The summed E-state index contributed by atoms with van der Waals surface area (Å²) in [7, 11) is 0. The molecule has 5 nitrogen and oxygen atoms in total. The van der Waals surface area contributed by atoms with E-state index in [2.05, 4.69) is 15.4 Å². The van der Waals surface area contributed by atoms with Crippen LogP contribution in [-0.2, 0) is 4.79 Å². The van der Waals surface area contributed by atoms with E-state index in [-0.39, 0.29) is 11.7 Å². The minimum Gasteiger partial charge on any atom is -0.492 e. The lowest BCUT2D eigenvalue weighted by atomic mass is 10.2. The number of amides is 1. The number of carbonyl (C=O) groups is 1. The zero-order chi connectivity index (χ0) is 19.2. The van der Waals surface area contributed by atoms with E-state index in [0.717, 1.165) is 0 Å². The predicted molar refractivity (Wildman–Crippen MR) is 92.5 cm³/mol. The Bertz CT molecular complexity index is 733. The first-order chi connectivity index (χ1) is 12.3. The largest absolute Gasteiger partial charge is 0.573 e. The molecule has 0 heterocycles. The van der Waals surface area contributed by atoms with Gasteiger partial charge in [-0.15, -0.1) is 13.2 Å². The zero-order valence-electron chi connectivity index (χ0n) is 14.3. The summed E-state index contributed by atoms with van der Waals surface area (Å²) in [6, 6.07) is 11.6. The third-order valence-corrected chi connectivity index (χ3v) is 3.31. The molecule has 0 bridgehead atoms.